The van der Waals surface area contributed by atoms with Gasteiger partial charge in [0.15, 0.2) is 5.78 Å². The summed E-state index contributed by atoms with van der Waals surface area (Å²) in [6.45, 7) is 2.23. The van der Waals surface area contributed by atoms with Crippen LogP contribution in [0.5, 0.6) is 0 Å². The van der Waals surface area contributed by atoms with E-state index in [-0.39, 0.29) is 11.5 Å². The molecule has 1 atom stereocenters. The topological polar surface area (TPSA) is 44.8 Å². The highest BCUT2D eigenvalue weighted by Crippen LogP contribution is 2.43. The van der Waals surface area contributed by atoms with Crippen molar-refractivity contribution in [3.63, 3.8) is 0 Å². The van der Waals surface area contributed by atoms with Crippen LogP contribution in [0.2, 0.25) is 0 Å². The molecule has 0 aromatic rings. The van der Waals surface area contributed by atoms with Crippen LogP contribution in [0.3, 0.4) is 0 Å². The zero-order chi connectivity index (χ0) is 13.3. The highest BCUT2D eigenvalue weighted by Gasteiger charge is 2.50. The van der Waals surface area contributed by atoms with Crippen molar-refractivity contribution in [3.05, 3.63) is 0 Å². The number of carbonyl (C=O) groups excluding carboxylic acids is 1. The average molecular weight is 268 g/mol. The molecule has 4 heteroatoms. The smallest absolute Gasteiger partial charge is 0.167 e. The molecule has 3 aliphatic rings. The summed E-state index contributed by atoms with van der Waals surface area (Å²) in [5.74, 6) is 0.447. The number of carbonyl (C=O) groups is 1. The Morgan fingerprint density at radius 1 is 1.16 bits per heavy atom. The summed E-state index contributed by atoms with van der Waals surface area (Å²) in [7, 11) is 1.68. The zero-order valence-corrected chi connectivity index (χ0v) is 11.8. The number of ketones is 1. The molecule has 2 aliphatic heterocycles. The molecule has 1 unspecified atom stereocenters. The van der Waals surface area contributed by atoms with Gasteiger partial charge in [0.05, 0.1) is 5.60 Å². The molecule has 0 N–H and O–H groups in total. The SMILES string of the molecule is COC1(C(=O)C2CCOC3(CCOCC3)C2)CCC1. The quantitative estimate of drug-likeness (QED) is 0.786. The lowest BCUT2D eigenvalue weighted by molar-refractivity contribution is -0.175. The maximum Gasteiger partial charge on any atom is 0.167 e. The predicted molar refractivity (Wildman–Crippen MR) is 70.1 cm³/mol. The molecule has 0 bridgehead atoms. The second kappa shape index (κ2) is 5.15. The normalized spacial score (nSPS) is 32.8. The molecule has 0 aromatic carbocycles. The van der Waals surface area contributed by atoms with Gasteiger partial charge in [0, 0.05) is 32.8 Å². The van der Waals surface area contributed by atoms with Gasteiger partial charge in [0.2, 0.25) is 0 Å². The highest BCUT2D eigenvalue weighted by atomic mass is 16.5. The van der Waals surface area contributed by atoms with Crippen molar-refractivity contribution in [2.75, 3.05) is 26.9 Å². The molecular weight excluding hydrogens is 244 g/mol. The van der Waals surface area contributed by atoms with Crippen LogP contribution in [0.15, 0.2) is 0 Å². The third-order valence-electron chi connectivity index (χ3n) is 5.27. The van der Waals surface area contributed by atoms with Gasteiger partial charge in [-0.15, -0.1) is 0 Å². The molecule has 1 spiro atoms. The van der Waals surface area contributed by atoms with Gasteiger partial charge >= 0.3 is 0 Å². The number of Topliss-reactive ketones (excluding diaryl/α,β-unsaturated/α-hetero) is 1. The molecule has 0 radical (unpaired) electrons. The minimum Gasteiger partial charge on any atom is -0.381 e. The third kappa shape index (κ3) is 2.34. The number of hydrogen-bond donors (Lipinski definition) is 0. The lowest BCUT2D eigenvalue weighted by atomic mass is 9.69. The van der Waals surface area contributed by atoms with E-state index in [4.69, 9.17) is 14.2 Å². The summed E-state index contributed by atoms with van der Waals surface area (Å²) in [5, 5.41) is 0. The number of hydrogen-bond acceptors (Lipinski definition) is 4. The van der Waals surface area contributed by atoms with E-state index >= 15 is 0 Å². The van der Waals surface area contributed by atoms with Gasteiger partial charge in [0.1, 0.15) is 5.60 Å². The first-order valence-corrected chi connectivity index (χ1v) is 7.51. The van der Waals surface area contributed by atoms with E-state index in [2.05, 4.69) is 0 Å². The maximum absolute atomic E-state index is 12.7. The molecule has 19 heavy (non-hydrogen) atoms. The van der Waals surface area contributed by atoms with Crippen molar-refractivity contribution in [2.24, 2.45) is 5.92 Å². The van der Waals surface area contributed by atoms with Crippen LogP contribution in [0, 0.1) is 5.92 Å². The average Bonchev–Trinajstić information content (AvgIpc) is 2.39. The van der Waals surface area contributed by atoms with Crippen LogP contribution in [-0.2, 0) is 19.0 Å². The van der Waals surface area contributed by atoms with Crippen molar-refractivity contribution in [2.45, 2.75) is 56.1 Å². The highest BCUT2D eigenvalue weighted by molar-refractivity contribution is 5.90. The van der Waals surface area contributed by atoms with Gasteiger partial charge in [0.25, 0.3) is 0 Å². The fraction of sp³-hybridized carbons (Fsp3) is 0.933. The van der Waals surface area contributed by atoms with E-state index in [0.717, 1.165) is 58.2 Å². The summed E-state index contributed by atoms with van der Waals surface area (Å²) in [5.41, 5.74) is -0.566. The largest absolute Gasteiger partial charge is 0.381 e. The van der Waals surface area contributed by atoms with E-state index < -0.39 is 5.60 Å². The van der Waals surface area contributed by atoms with E-state index in [1.807, 2.05) is 0 Å². The Labute approximate surface area is 114 Å². The Balaban J connectivity index is 1.69. The van der Waals surface area contributed by atoms with Crippen LogP contribution < -0.4 is 0 Å². The van der Waals surface area contributed by atoms with Gasteiger partial charge in [-0.25, -0.2) is 0 Å². The van der Waals surface area contributed by atoms with Gasteiger partial charge in [-0.1, -0.05) is 0 Å². The standard InChI is InChI=1S/C15H24O4/c1-17-15(4-2-5-15)13(16)12-3-8-19-14(11-12)6-9-18-10-7-14/h12H,2-11H2,1H3. The Kier molecular flexibility index (Phi) is 3.67. The lowest BCUT2D eigenvalue weighted by Gasteiger charge is -2.46. The second-order valence-electron chi connectivity index (χ2n) is 6.25. The first-order valence-electron chi connectivity index (χ1n) is 7.51. The second-order valence-corrected chi connectivity index (χ2v) is 6.25. The Hall–Kier alpha value is -0.450. The summed E-state index contributed by atoms with van der Waals surface area (Å²) < 4.78 is 17.0. The molecule has 2 saturated heterocycles. The van der Waals surface area contributed by atoms with E-state index in [1.165, 1.54) is 0 Å². The first-order chi connectivity index (χ1) is 9.20. The molecule has 0 aromatic heterocycles. The van der Waals surface area contributed by atoms with Crippen LogP contribution in [-0.4, -0.2) is 43.9 Å². The summed E-state index contributed by atoms with van der Waals surface area (Å²) in [6, 6.07) is 0. The monoisotopic (exact) mass is 268 g/mol. The number of ether oxygens (including phenoxy) is 3. The Bertz CT molecular complexity index is 331. The van der Waals surface area contributed by atoms with Crippen molar-refractivity contribution < 1.29 is 19.0 Å². The third-order valence-corrected chi connectivity index (χ3v) is 5.27. The molecule has 0 amide bonds. The summed E-state index contributed by atoms with van der Waals surface area (Å²) >= 11 is 0. The van der Waals surface area contributed by atoms with Gasteiger partial charge in [-0.05, 0) is 44.9 Å². The summed E-state index contributed by atoms with van der Waals surface area (Å²) in [4.78, 5) is 12.7. The fourth-order valence-electron chi connectivity index (χ4n) is 3.76. The van der Waals surface area contributed by atoms with Gasteiger partial charge in [-0.2, -0.15) is 0 Å². The Morgan fingerprint density at radius 2 is 1.89 bits per heavy atom. The number of rotatable bonds is 3. The molecule has 4 nitrogen and oxygen atoms in total. The van der Waals surface area contributed by atoms with Crippen molar-refractivity contribution in [3.8, 4) is 0 Å². The van der Waals surface area contributed by atoms with E-state index in [1.54, 1.807) is 7.11 Å². The molecule has 3 rings (SSSR count). The maximum atomic E-state index is 12.7. The molecule has 1 saturated carbocycles. The Morgan fingerprint density at radius 3 is 2.47 bits per heavy atom. The van der Waals surface area contributed by atoms with Crippen LogP contribution >= 0.6 is 0 Å². The zero-order valence-electron chi connectivity index (χ0n) is 11.8. The fourth-order valence-corrected chi connectivity index (χ4v) is 3.76. The van der Waals surface area contributed by atoms with Crippen LogP contribution in [0.4, 0.5) is 0 Å². The first kappa shape index (κ1) is 13.5. The minimum absolute atomic E-state index is 0.102. The van der Waals surface area contributed by atoms with E-state index in [9.17, 15) is 4.79 Å². The lowest BCUT2D eigenvalue weighted by Crippen LogP contribution is -2.54. The molecule has 2 heterocycles. The van der Waals surface area contributed by atoms with Crippen molar-refractivity contribution in [1.82, 2.24) is 0 Å². The van der Waals surface area contributed by atoms with Crippen LogP contribution in [0.1, 0.15) is 44.9 Å². The van der Waals surface area contributed by atoms with Crippen molar-refractivity contribution >= 4 is 5.78 Å². The predicted octanol–water partition coefficient (Wildman–Crippen LogP) is 2.10. The molecular formula is C15H24O4. The number of methoxy groups -OCH3 is 1. The summed E-state index contributed by atoms with van der Waals surface area (Å²) in [6.07, 6.45) is 6.48. The molecule has 3 fully saturated rings. The molecule has 1 aliphatic carbocycles. The van der Waals surface area contributed by atoms with E-state index in [0.29, 0.717) is 12.4 Å². The van der Waals surface area contributed by atoms with Crippen LogP contribution in [0.25, 0.3) is 0 Å². The minimum atomic E-state index is -0.464. The van der Waals surface area contributed by atoms with Gasteiger partial charge in [-0.3, -0.25) is 4.79 Å². The van der Waals surface area contributed by atoms with Crippen molar-refractivity contribution in [1.29, 1.82) is 0 Å². The van der Waals surface area contributed by atoms with Gasteiger partial charge < -0.3 is 14.2 Å². The molecule has 108 valence electrons.